The number of amides is 1. The number of piperidine rings is 1. The van der Waals surface area contributed by atoms with Gasteiger partial charge in [0.15, 0.2) is 0 Å². The topological polar surface area (TPSA) is 119 Å². The lowest BCUT2D eigenvalue weighted by Gasteiger charge is -2.27. The summed E-state index contributed by atoms with van der Waals surface area (Å²) >= 11 is 0. The number of rotatable bonds is 10. The van der Waals surface area contributed by atoms with E-state index in [-0.39, 0.29) is 34.1 Å². The van der Waals surface area contributed by atoms with E-state index in [1.165, 1.54) is 22.7 Å². The second-order valence-electron chi connectivity index (χ2n) is 9.54. The second-order valence-corrected chi connectivity index (χ2v) is 13.5. The Morgan fingerprint density at radius 2 is 1.83 bits per heavy atom. The maximum absolute atomic E-state index is 13.8. The Morgan fingerprint density at radius 3 is 2.40 bits per heavy atom. The molecule has 2 aromatic carbocycles. The standard InChI is InChI=1S/C25H36N4O4S2/c1-5-19-6-8-21(9-7-19)29(17-18(2)3)35(32,33)22-10-11-23(24(15-22)34(4,26)31)28-16-20-12-13-27-25(30)14-20/h6-11,15,18,20,26,28H,5,12-14,16-17H2,1-4H3,(H,27,30). The van der Waals surface area contributed by atoms with Crippen molar-refractivity contribution in [3.8, 4) is 0 Å². The van der Waals surface area contributed by atoms with Crippen molar-refractivity contribution >= 4 is 37.0 Å². The maximum atomic E-state index is 13.8. The van der Waals surface area contributed by atoms with Crippen LogP contribution in [0, 0.1) is 16.6 Å². The maximum Gasteiger partial charge on any atom is 0.264 e. The zero-order chi connectivity index (χ0) is 25.8. The molecule has 3 N–H and O–H groups in total. The molecule has 8 nitrogen and oxygen atoms in total. The summed E-state index contributed by atoms with van der Waals surface area (Å²) in [5, 5.41) is 6.01. The number of aryl methyl sites for hydroxylation is 1. The quantitative estimate of drug-likeness (QED) is 0.436. The largest absolute Gasteiger partial charge is 0.384 e. The Kier molecular flexibility index (Phi) is 8.48. The number of benzene rings is 2. The molecule has 0 bridgehead atoms. The van der Waals surface area contributed by atoms with Crippen molar-refractivity contribution < 1.29 is 17.4 Å². The highest BCUT2D eigenvalue weighted by atomic mass is 32.2. The molecule has 0 radical (unpaired) electrons. The summed E-state index contributed by atoms with van der Waals surface area (Å²) < 4.78 is 50.0. The fourth-order valence-corrected chi connectivity index (χ4v) is 6.75. The van der Waals surface area contributed by atoms with E-state index in [2.05, 4.69) is 10.6 Å². The molecule has 1 fully saturated rings. The van der Waals surface area contributed by atoms with Crippen LogP contribution >= 0.6 is 0 Å². The van der Waals surface area contributed by atoms with Gasteiger partial charge in [-0.15, -0.1) is 0 Å². The van der Waals surface area contributed by atoms with Crippen molar-refractivity contribution in [1.29, 1.82) is 4.78 Å². The minimum Gasteiger partial charge on any atom is -0.384 e. The molecule has 2 unspecified atom stereocenters. The van der Waals surface area contributed by atoms with Gasteiger partial charge in [0, 0.05) is 32.3 Å². The van der Waals surface area contributed by atoms with Crippen molar-refractivity contribution in [2.75, 3.05) is 35.5 Å². The van der Waals surface area contributed by atoms with E-state index in [0.717, 1.165) is 18.4 Å². The molecule has 0 aromatic heterocycles. The minimum atomic E-state index is -3.97. The molecule has 0 spiro atoms. The molecule has 1 heterocycles. The molecule has 0 aliphatic carbocycles. The lowest BCUT2D eigenvalue weighted by Crippen LogP contribution is -2.36. The predicted octanol–water partition coefficient (Wildman–Crippen LogP) is 4.07. The monoisotopic (exact) mass is 520 g/mol. The van der Waals surface area contributed by atoms with E-state index in [0.29, 0.717) is 30.9 Å². The van der Waals surface area contributed by atoms with Gasteiger partial charge in [0.25, 0.3) is 10.0 Å². The van der Waals surface area contributed by atoms with Crippen LogP contribution in [0.5, 0.6) is 0 Å². The van der Waals surface area contributed by atoms with E-state index >= 15 is 0 Å². The molecular weight excluding hydrogens is 484 g/mol. The molecule has 10 heteroatoms. The van der Waals surface area contributed by atoms with Crippen LogP contribution in [0.15, 0.2) is 52.3 Å². The van der Waals surface area contributed by atoms with Crippen LogP contribution in [0.2, 0.25) is 0 Å². The van der Waals surface area contributed by atoms with Gasteiger partial charge in [0.05, 0.1) is 30.9 Å². The highest BCUT2D eigenvalue weighted by Gasteiger charge is 2.28. The number of hydrogen-bond acceptors (Lipinski definition) is 6. The first kappa shape index (κ1) is 27.0. The first-order valence-electron chi connectivity index (χ1n) is 11.9. The lowest BCUT2D eigenvalue weighted by molar-refractivity contribution is -0.123. The smallest absolute Gasteiger partial charge is 0.264 e. The van der Waals surface area contributed by atoms with Gasteiger partial charge in [0.1, 0.15) is 0 Å². The summed E-state index contributed by atoms with van der Waals surface area (Å²) in [5.41, 5.74) is 2.14. The molecule has 192 valence electrons. The van der Waals surface area contributed by atoms with Crippen molar-refractivity contribution in [1.82, 2.24) is 5.32 Å². The third-order valence-electron chi connectivity index (χ3n) is 6.05. The zero-order valence-corrected chi connectivity index (χ0v) is 22.5. The van der Waals surface area contributed by atoms with Crippen LogP contribution in [-0.2, 0) is 31.0 Å². The van der Waals surface area contributed by atoms with E-state index in [1.807, 2.05) is 45.0 Å². The van der Waals surface area contributed by atoms with E-state index < -0.39 is 19.8 Å². The number of sulfonamides is 1. The average Bonchev–Trinajstić information content (AvgIpc) is 2.80. The summed E-state index contributed by atoms with van der Waals surface area (Å²) in [6.45, 7) is 7.33. The van der Waals surface area contributed by atoms with Crippen LogP contribution in [0.1, 0.15) is 39.2 Å². The fraction of sp³-hybridized carbons (Fsp3) is 0.480. The first-order valence-corrected chi connectivity index (χ1v) is 15.3. The van der Waals surface area contributed by atoms with Gasteiger partial charge in [-0.2, -0.15) is 0 Å². The fourth-order valence-electron chi connectivity index (χ4n) is 4.11. The number of anilines is 2. The first-order chi connectivity index (χ1) is 16.4. The SMILES string of the molecule is CCc1ccc(N(CC(C)C)S(=O)(=O)c2ccc(NCC3CCNC(=O)C3)c(S(C)(=N)=O)c2)cc1. The third-order valence-corrected chi connectivity index (χ3v) is 9.02. The summed E-state index contributed by atoms with van der Waals surface area (Å²) in [5.74, 6) is 0.197. The molecule has 0 saturated carbocycles. The lowest BCUT2D eigenvalue weighted by atomic mass is 9.97. The van der Waals surface area contributed by atoms with Crippen LogP contribution in [0.25, 0.3) is 0 Å². The Morgan fingerprint density at radius 1 is 1.14 bits per heavy atom. The Hall–Kier alpha value is -2.59. The Bertz CT molecular complexity index is 1260. The average molecular weight is 521 g/mol. The third kappa shape index (κ3) is 6.76. The highest BCUT2D eigenvalue weighted by molar-refractivity contribution is 7.93. The van der Waals surface area contributed by atoms with Crippen molar-refractivity contribution in [3.63, 3.8) is 0 Å². The van der Waals surface area contributed by atoms with Gasteiger partial charge in [-0.3, -0.25) is 9.10 Å². The zero-order valence-electron chi connectivity index (χ0n) is 20.8. The minimum absolute atomic E-state index is 0.00158. The van der Waals surface area contributed by atoms with Crippen LogP contribution in [0.4, 0.5) is 11.4 Å². The van der Waals surface area contributed by atoms with Crippen LogP contribution < -0.4 is 14.9 Å². The van der Waals surface area contributed by atoms with Gasteiger partial charge in [-0.25, -0.2) is 17.4 Å². The number of carbonyl (C=O) groups is 1. The molecule has 3 rings (SSSR count). The summed E-state index contributed by atoms with van der Waals surface area (Å²) in [4.78, 5) is 11.8. The molecular formula is C25H36N4O4S2. The molecule has 2 aromatic rings. The van der Waals surface area contributed by atoms with Gasteiger partial charge in [-0.1, -0.05) is 32.9 Å². The Labute approximate surface area is 209 Å². The molecule has 1 amide bonds. The van der Waals surface area contributed by atoms with Gasteiger partial charge < -0.3 is 10.6 Å². The van der Waals surface area contributed by atoms with Gasteiger partial charge >= 0.3 is 0 Å². The summed E-state index contributed by atoms with van der Waals surface area (Å²) in [7, 11) is -7.19. The second kappa shape index (κ2) is 11.0. The van der Waals surface area contributed by atoms with Crippen molar-refractivity contribution in [3.05, 3.63) is 48.0 Å². The van der Waals surface area contributed by atoms with Gasteiger partial charge in [0.2, 0.25) is 5.91 Å². The van der Waals surface area contributed by atoms with E-state index in [9.17, 15) is 17.4 Å². The number of nitrogens with one attached hydrogen (secondary N) is 3. The summed E-state index contributed by atoms with van der Waals surface area (Å²) in [6, 6.07) is 11.9. The highest BCUT2D eigenvalue weighted by Crippen LogP contribution is 2.31. The predicted molar refractivity (Wildman–Crippen MR) is 141 cm³/mol. The molecule has 1 aliphatic rings. The van der Waals surface area contributed by atoms with E-state index in [1.54, 1.807) is 6.07 Å². The molecule has 1 aliphatic heterocycles. The van der Waals surface area contributed by atoms with Gasteiger partial charge in [-0.05, 0) is 60.6 Å². The number of nitrogens with zero attached hydrogens (tertiary/aromatic N) is 1. The molecule has 1 saturated heterocycles. The van der Waals surface area contributed by atoms with Crippen LogP contribution in [-0.4, -0.2) is 44.4 Å². The number of hydrogen-bond donors (Lipinski definition) is 3. The van der Waals surface area contributed by atoms with Crippen molar-refractivity contribution in [2.24, 2.45) is 11.8 Å². The summed E-state index contributed by atoms with van der Waals surface area (Å²) in [6.07, 6.45) is 3.37. The van der Waals surface area contributed by atoms with Crippen molar-refractivity contribution in [2.45, 2.75) is 49.8 Å². The molecule has 35 heavy (non-hydrogen) atoms. The normalized spacial score (nSPS) is 18.1. The Balaban J connectivity index is 1.96. The van der Waals surface area contributed by atoms with E-state index in [4.69, 9.17) is 4.78 Å². The number of carbonyl (C=O) groups excluding carboxylic acids is 1. The van der Waals surface area contributed by atoms with Crippen LogP contribution in [0.3, 0.4) is 0 Å². The molecule has 2 atom stereocenters.